The van der Waals surface area contributed by atoms with Crippen LogP contribution in [0.15, 0.2) is 30.6 Å². The number of hydrogen-bond acceptors (Lipinski definition) is 7. The van der Waals surface area contributed by atoms with E-state index in [9.17, 15) is 4.79 Å². The van der Waals surface area contributed by atoms with Crippen LogP contribution in [0.1, 0.15) is 12.5 Å². The van der Waals surface area contributed by atoms with Gasteiger partial charge in [-0.3, -0.25) is 4.79 Å². The molecular formula is C18H23N5O2S. The Hall–Kier alpha value is -2.48. The average Bonchev–Trinajstić information content (AvgIpc) is 2.67. The minimum absolute atomic E-state index is 0.131. The second-order valence-corrected chi connectivity index (χ2v) is 7.15. The standard InChI is InChI=1S/C18H23N5O2S/c1-13(24)22-15-9-14(3-4-16(15)25-2)11-19-17-10-18(21-12-20-17)23-5-7-26-8-6-23/h3-4,9-10,12H,5-8,11H2,1-2H3,(H,22,24)(H,19,20,21). The Kier molecular flexibility index (Phi) is 6.17. The maximum Gasteiger partial charge on any atom is 0.221 e. The Morgan fingerprint density at radius 3 is 2.81 bits per heavy atom. The van der Waals surface area contributed by atoms with Gasteiger partial charge in [0.25, 0.3) is 0 Å². The van der Waals surface area contributed by atoms with E-state index in [-0.39, 0.29) is 5.91 Å². The van der Waals surface area contributed by atoms with Gasteiger partial charge in [-0.05, 0) is 17.7 Å². The number of thioether (sulfide) groups is 1. The normalized spacial score (nSPS) is 14.0. The van der Waals surface area contributed by atoms with E-state index in [1.807, 2.05) is 36.0 Å². The van der Waals surface area contributed by atoms with Gasteiger partial charge in [-0.1, -0.05) is 6.07 Å². The number of ether oxygens (including phenoxy) is 1. The molecule has 1 aliphatic heterocycles. The molecule has 1 aliphatic rings. The summed E-state index contributed by atoms with van der Waals surface area (Å²) in [4.78, 5) is 22.3. The molecule has 8 heteroatoms. The van der Waals surface area contributed by atoms with Crippen molar-refractivity contribution in [2.24, 2.45) is 0 Å². The van der Waals surface area contributed by atoms with Gasteiger partial charge in [0.1, 0.15) is 23.7 Å². The summed E-state index contributed by atoms with van der Waals surface area (Å²) in [6, 6.07) is 7.69. The molecule has 0 radical (unpaired) electrons. The second kappa shape index (κ2) is 8.75. The summed E-state index contributed by atoms with van der Waals surface area (Å²) >= 11 is 1.97. The quantitative estimate of drug-likeness (QED) is 0.806. The van der Waals surface area contributed by atoms with Crippen molar-refractivity contribution < 1.29 is 9.53 Å². The number of carbonyl (C=O) groups is 1. The Labute approximate surface area is 157 Å². The topological polar surface area (TPSA) is 79.4 Å². The van der Waals surface area contributed by atoms with Crippen molar-refractivity contribution in [2.75, 3.05) is 47.2 Å². The number of hydrogen-bond donors (Lipinski definition) is 2. The van der Waals surface area contributed by atoms with Crippen LogP contribution < -0.4 is 20.3 Å². The van der Waals surface area contributed by atoms with Gasteiger partial charge in [-0.15, -0.1) is 0 Å². The van der Waals surface area contributed by atoms with Crippen molar-refractivity contribution in [2.45, 2.75) is 13.5 Å². The number of carbonyl (C=O) groups excluding carboxylic acids is 1. The zero-order valence-corrected chi connectivity index (χ0v) is 15.8. The van der Waals surface area contributed by atoms with Crippen molar-refractivity contribution in [3.05, 3.63) is 36.2 Å². The lowest BCUT2D eigenvalue weighted by Crippen LogP contribution is -2.33. The molecule has 0 saturated carbocycles. The first-order valence-corrected chi connectivity index (χ1v) is 9.64. The van der Waals surface area contributed by atoms with Crippen LogP contribution in [0.4, 0.5) is 17.3 Å². The largest absolute Gasteiger partial charge is 0.495 e. The van der Waals surface area contributed by atoms with Crippen molar-refractivity contribution in [3.8, 4) is 5.75 Å². The summed E-state index contributed by atoms with van der Waals surface area (Å²) < 4.78 is 5.28. The number of nitrogens with one attached hydrogen (secondary N) is 2. The van der Waals surface area contributed by atoms with Gasteiger partial charge in [-0.25, -0.2) is 9.97 Å². The van der Waals surface area contributed by atoms with Crippen LogP contribution in [0.2, 0.25) is 0 Å². The Balaban J connectivity index is 1.67. The molecule has 0 aliphatic carbocycles. The number of anilines is 3. The van der Waals surface area contributed by atoms with Gasteiger partial charge < -0.3 is 20.3 Å². The highest BCUT2D eigenvalue weighted by Crippen LogP contribution is 2.26. The number of benzene rings is 1. The predicted molar refractivity (Wildman–Crippen MR) is 106 cm³/mol. The molecule has 1 fully saturated rings. The summed E-state index contributed by atoms with van der Waals surface area (Å²) in [6.07, 6.45) is 1.59. The molecule has 1 aromatic heterocycles. The number of rotatable bonds is 6. The number of methoxy groups -OCH3 is 1. The molecule has 26 heavy (non-hydrogen) atoms. The van der Waals surface area contributed by atoms with Crippen LogP contribution in [0.5, 0.6) is 5.75 Å². The molecular weight excluding hydrogens is 350 g/mol. The summed E-state index contributed by atoms with van der Waals surface area (Å²) in [5.41, 5.74) is 1.68. The minimum Gasteiger partial charge on any atom is -0.495 e. The minimum atomic E-state index is -0.131. The van der Waals surface area contributed by atoms with E-state index in [0.29, 0.717) is 18.0 Å². The van der Waals surface area contributed by atoms with Crippen LogP contribution >= 0.6 is 11.8 Å². The first-order valence-electron chi connectivity index (χ1n) is 8.49. The van der Waals surface area contributed by atoms with Gasteiger partial charge in [-0.2, -0.15) is 11.8 Å². The SMILES string of the molecule is COc1ccc(CNc2cc(N3CCSCC3)ncn2)cc1NC(C)=O. The fourth-order valence-corrected chi connectivity index (χ4v) is 3.66. The first kappa shape index (κ1) is 18.3. The van der Waals surface area contributed by atoms with E-state index < -0.39 is 0 Å². The maximum atomic E-state index is 11.4. The third kappa shape index (κ3) is 4.78. The predicted octanol–water partition coefficient (Wildman–Crippen LogP) is 2.61. The lowest BCUT2D eigenvalue weighted by Gasteiger charge is -2.27. The third-order valence-corrected chi connectivity index (χ3v) is 4.98. The molecule has 138 valence electrons. The van der Waals surface area contributed by atoms with E-state index in [0.717, 1.165) is 41.8 Å². The van der Waals surface area contributed by atoms with Crippen LogP contribution in [0.25, 0.3) is 0 Å². The number of amides is 1. The zero-order valence-electron chi connectivity index (χ0n) is 15.0. The van der Waals surface area contributed by atoms with Gasteiger partial charge in [0, 0.05) is 44.1 Å². The van der Waals surface area contributed by atoms with Crippen LogP contribution in [-0.4, -0.2) is 47.6 Å². The van der Waals surface area contributed by atoms with Gasteiger partial charge in [0.05, 0.1) is 12.8 Å². The summed E-state index contributed by atoms with van der Waals surface area (Å²) in [7, 11) is 1.58. The lowest BCUT2D eigenvalue weighted by atomic mass is 10.2. The molecule has 0 atom stereocenters. The monoisotopic (exact) mass is 373 g/mol. The summed E-state index contributed by atoms with van der Waals surface area (Å²) in [5.74, 6) is 4.50. The molecule has 3 rings (SSSR count). The van der Waals surface area contributed by atoms with Crippen molar-refractivity contribution in [3.63, 3.8) is 0 Å². The van der Waals surface area contributed by atoms with Crippen molar-refractivity contribution in [1.29, 1.82) is 0 Å². The molecule has 2 aromatic rings. The van der Waals surface area contributed by atoms with E-state index in [1.165, 1.54) is 6.92 Å². The highest BCUT2D eigenvalue weighted by Gasteiger charge is 2.13. The fourth-order valence-electron chi connectivity index (χ4n) is 2.75. The van der Waals surface area contributed by atoms with E-state index >= 15 is 0 Å². The Bertz CT molecular complexity index is 765. The van der Waals surface area contributed by atoms with Gasteiger partial charge in [0.2, 0.25) is 5.91 Å². The molecule has 7 nitrogen and oxygen atoms in total. The molecule has 1 saturated heterocycles. The van der Waals surface area contributed by atoms with E-state index in [2.05, 4.69) is 25.5 Å². The smallest absolute Gasteiger partial charge is 0.221 e. The Morgan fingerprint density at radius 1 is 1.27 bits per heavy atom. The summed E-state index contributed by atoms with van der Waals surface area (Å²) in [5, 5.41) is 6.11. The highest BCUT2D eigenvalue weighted by molar-refractivity contribution is 7.99. The maximum absolute atomic E-state index is 11.4. The number of aromatic nitrogens is 2. The molecule has 2 heterocycles. The molecule has 1 aromatic carbocycles. The van der Waals surface area contributed by atoms with Gasteiger partial charge >= 0.3 is 0 Å². The van der Waals surface area contributed by atoms with Crippen molar-refractivity contribution >= 4 is 35.0 Å². The molecule has 0 unspecified atom stereocenters. The fraction of sp³-hybridized carbons (Fsp3) is 0.389. The third-order valence-electron chi connectivity index (χ3n) is 4.04. The molecule has 2 N–H and O–H groups in total. The molecule has 0 spiro atoms. The second-order valence-electron chi connectivity index (χ2n) is 5.93. The highest BCUT2D eigenvalue weighted by atomic mass is 32.2. The van der Waals surface area contributed by atoms with Crippen LogP contribution in [-0.2, 0) is 11.3 Å². The first-order chi connectivity index (χ1) is 12.7. The average molecular weight is 373 g/mol. The van der Waals surface area contributed by atoms with E-state index in [4.69, 9.17) is 4.74 Å². The lowest BCUT2D eigenvalue weighted by molar-refractivity contribution is -0.114. The van der Waals surface area contributed by atoms with Crippen LogP contribution in [0, 0.1) is 0 Å². The van der Waals surface area contributed by atoms with E-state index in [1.54, 1.807) is 13.4 Å². The summed E-state index contributed by atoms with van der Waals surface area (Å²) in [6.45, 7) is 4.09. The van der Waals surface area contributed by atoms with Crippen molar-refractivity contribution in [1.82, 2.24) is 9.97 Å². The molecule has 1 amide bonds. The molecule has 0 bridgehead atoms. The van der Waals surface area contributed by atoms with Gasteiger partial charge in [0.15, 0.2) is 0 Å². The van der Waals surface area contributed by atoms with Crippen LogP contribution in [0.3, 0.4) is 0 Å². The zero-order chi connectivity index (χ0) is 18.4. The Morgan fingerprint density at radius 2 is 2.08 bits per heavy atom. The number of nitrogens with zero attached hydrogens (tertiary/aromatic N) is 3.